The highest BCUT2D eigenvalue weighted by atomic mass is 16.5. The van der Waals surface area contributed by atoms with Crippen molar-refractivity contribution in [1.82, 2.24) is 14.9 Å². The number of fused-ring (bicyclic) bond motifs is 1. The third-order valence-corrected chi connectivity index (χ3v) is 5.06. The Labute approximate surface area is 152 Å². The summed E-state index contributed by atoms with van der Waals surface area (Å²) in [5.41, 5.74) is 2.20. The second-order valence-electron chi connectivity index (χ2n) is 6.81. The molecule has 0 aromatic carbocycles. The number of ether oxygens (including phenoxy) is 2. The van der Waals surface area contributed by atoms with Gasteiger partial charge in [-0.15, -0.1) is 0 Å². The monoisotopic (exact) mass is 357 g/mol. The van der Waals surface area contributed by atoms with Gasteiger partial charge in [-0.3, -0.25) is 9.78 Å². The van der Waals surface area contributed by atoms with Gasteiger partial charge >= 0.3 is 0 Å². The average molecular weight is 357 g/mol. The molecule has 2 aromatic rings. The average Bonchev–Trinajstić information content (AvgIpc) is 3.11. The highest BCUT2D eigenvalue weighted by molar-refractivity contribution is 5.97. The summed E-state index contributed by atoms with van der Waals surface area (Å²) in [4.78, 5) is 23.7. The maximum atomic E-state index is 13.0. The molecule has 4 rings (SSSR count). The number of methoxy groups -OCH3 is 1. The Balaban J connectivity index is 1.54. The molecule has 1 fully saturated rings. The van der Waals surface area contributed by atoms with E-state index in [1.807, 2.05) is 6.92 Å². The summed E-state index contributed by atoms with van der Waals surface area (Å²) in [7, 11) is 1.55. The van der Waals surface area contributed by atoms with Crippen molar-refractivity contribution in [2.45, 2.75) is 38.6 Å². The Morgan fingerprint density at radius 2 is 2.15 bits per heavy atom. The second kappa shape index (κ2) is 7.07. The van der Waals surface area contributed by atoms with Crippen molar-refractivity contribution < 1.29 is 18.7 Å². The van der Waals surface area contributed by atoms with Crippen LogP contribution < -0.4 is 4.74 Å². The molecular weight excluding hydrogens is 334 g/mol. The summed E-state index contributed by atoms with van der Waals surface area (Å²) in [5.74, 6) is 2.46. The van der Waals surface area contributed by atoms with Crippen molar-refractivity contribution in [1.29, 1.82) is 0 Å². The molecule has 0 unspecified atom stereocenters. The lowest BCUT2D eigenvalue weighted by atomic mass is 10.0. The largest absolute Gasteiger partial charge is 0.494 e. The molecule has 1 saturated heterocycles. The Kier molecular flexibility index (Phi) is 4.63. The molecular formula is C19H23N3O4. The number of carbonyl (C=O) groups excluding carboxylic acids is 1. The number of hydrogen-bond donors (Lipinski definition) is 0. The van der Waals surface area contributed by atoms with E-state index in [-0.39, 0.29) is 5.91 Å². The summed E-state index contributed by atoms with van der Waals surface area (Å²) in [5, 5.41) is 0. The van der Waals surface area contributed by atoms with Crippen LogP contribution in [-0.4, -0.2) is 47.6 Å². The Morgan fingerprint density at radius 1 is 1.35 bits per heavy atom. The third-order valence-electron chi connectivity index (χ3n) is 5.06. The van der Waals surface area contributed by atoms with Crippen LogP contribution in [0, 0.1) is 6.92 Å². The van der Waals surface area contributed by atoms with E-state index in [1.54, 1.807) is 24.3 Å². The van der Waals surface area contributed by atoms with Crippen molar-refractivity contribution in [3.05, 3.63) is 40.9 Å². The number of aryl methyl sites for hydroxylation is 1. The fourth-order valence-corrected chi connectivity index (χ4v) is 3.56. The van der Waals surface area contributed by atoms with Gasteiger partial charge < -0.3 is 18.8 Å². The molecule has 0 atom stereocenters. The first-order valence-electron chi connectivity index (χ1n) is 9.02. The molecule has 7 heteroatoms. The van der Waals surface area contributed by atoms with E-state index in [9.17, 15) is 4.79 Å². The van der Waals surface area contributed by atoms with Crippen LogP contribution >= 0.6 is 0 Å². The fourth-order valence-electron chi connectivity index (χ4n) is 3.56. The molecule has 0 aliphatic carbocycles. The summed E-state index contributed by atoms with van der Waals surface area (Å²) < 4.78 is 16.7. The number of hydrogen-bond acceptors (Lipinski definition) is 6. The minimum atomic E-state index is -0.0615. The van der Waals surface area contributed by atoms with E-state index in [2.05, 4.69) is 4.98 Å². The number of pyridine rings is 1. The lowest BCUT2D eigenvalue weighted by Gasteiger charge is -2.26. The van der Waals surface area contributed by atoms with Gasteiger partial charge in [0.15, 0.2) is 5.89 Å². The van der Waals surface area contributed by atoms with Gasteiger partial charge in [-0.05, 0) is 25.8 Å². The molecule has 2 aromatic heterocycles. The van der Waals surface area contributed by atoms with Gasteiger partial charge in [0.2, 0.25) is 0 Å². The van der Waals surface area contributed by atoms with Crippen LogP contribution in [0.15, 0.2) is 16.7 Å². The Bertz CT molecular complexity index is 811. The summed E-state index contributed by atoms with van der Waals surface area (Å²) in [6.07, 6.45) is 4.16. The first-order chi connectivity index (χ1) is 12.7. The normalized spacial score (nSPS) is 17.8. The van der Waals surface area contributed by atoms with Gasteiger partial charge in [0.05, 0.1) is 25.4 Å². The zero-order valence-corrected chi connectivity index (χ0v) is 15.2. The standard InChI is InChI=1S/C19H23N3O4/c1-12-9-14(17(24-2)10-20-12)19(23)22-6-3-16-15(11-22)21-18(26-16)13-4-7-25-8-5-13/h9-10,13H,3-8,11H2,1-2H3. The summed E-state index contributed by atoms with van der Waals surface area (Å²) in [6.45, 7) is 4.44. The molecule has 26 heavy (non-hydrogen) atoms. The molecule has 138 valence electrons. The molecule has 7 nitrogen and oxygen atoms in total. The molecule has 4 heterocycles. The predicted molar refractivity (Wildman–Crippen MR) is 93.3 cm³/mol. The van der Waals surface area contributed by atoms with Crippen molar-refractivity contribution >= 4 is 5.91 Å². The van der Waals surface area contributed by atoms with Gasteiger partial charge in [0.1, 0.15) is 17.2 Å². The maximum Gasteiger partial charge on any atom is 0.258 e. The van der Waals surface area contributed by atoms with Gasteiger partial charge in [-0.25, -0.2) is 4.98 Å². The quantitative estimate of drug-likeness (QED) is 0.840. The third kappa shape index (κ3) is 3.19. The molecule has 1 amide bonds. The van der Waals surface area contributed by atoms with Crippen LogP contribution in [0.4, 0.5) is 0 Å². The van der Waals surface area contributed by atoms with Crippen LogP contribution in [0.25, 0.3) is 0 Å². The number of aromatic nitrogens is 2. The molecule has 2 aliphatic rings. The van der Waals surface area contributed by atoms with E-state index in [0.717, 1.165) is 49.1 Å². The lowest BCUT2D eigenvalue weighted by Crippen LogP contribution is -2.36. The van der Waals surface area contributed by atoms with Crippen LogP contribution in [-0.2, 0) is 17.7 Å². The summed E-state index contributed by atoms with van der Waals surface area (Å²) in [6, 6.07) is 1.77. The molecule has 0 radical (unpaired) electrons. The second-order valence-corrected chi connectivity index (χ2v) is 6.81. The minimum absolute atomic E-state index is 0.0615. The molecule has 0 bridgehead atoms. The molecule has 0 N–H and O–H groups in total. The van der Waals surface area contributed by atoms with Crippen molar-refractivity contribution in [2.75, 3.05) is 26.9 Å². The number of amides is 1. The molecule has 0 saturated carbocycles. The van der Waals surface area contributed by atoms with Gasteiger partial charge in [0, 0.05) is 37.8 Å². The van der Waals surface area contributed by atoms with Crippen molar-refractivity contribution in [3.8, 4) is 5.75 Å². The SMILES string of the molecule is COc1cnc(C)cc1C(=O)N1CCc2oc(C3CCOCC3)nc2C1. The van der Waals surface area contributed by atoms with Crippen molar-refractivity contribution in [3.63, 3.8) is 0 Å². The van der Waals surface area contributed by atoms with E-state index < -0.39 is 0 Å². The minimum Gasteiger partial charge on any atom is -0.494 e. The summed E-state index contributed by atoms with van der Waals surface area (Å²) >= 11 is 0. The highest BCUT2D eigenvalue weighted by Gasteiger charge is 2.30. The predicted octanol–water partition coefficient (Wildman–Crippen LogP) is 2.48. The van der Waals surface area contributed by atoms with Crippen LogP contribution in [0.2, 0.25) is 0 Å². The topological polar surface area (TPSA) is 77.7 Å². The van der Waals surface area contributed by atoms with Crippen LogP contribution in [0.1, 0.15) is 52.2 Å². The number of oxazole rings is 1. The highest BCUT2D eigenvalue weighted by Crippen LogP contribution is 2.31. The first-order valence-corrected chi connectivity index (χ1v) is 9.02. The van der Waals surface area contributed by atoms with E-state index in [0.29, 0.717) is 36.7 Å². The fraction of sp³-hybridized carbons (Fsp3) is 0.526. The Morgan fingerprint density at radius 3 is 2.92 bits per heavy atom. The van der Waals surface area contributed by atoms with Crippen LogP contribution in [0.5, 0.6) is 5.75 Å². The van der Waals surface area contributed by atoms with E-state index >= 15 is 0 Å². The number of nitrogens with zero attached hydrogens (tertiary/aromatic N) is 3. The number of rotatable bonds is 3. The van der Waals surface area contributed by atoms with E-state index in [1.165, 1.54) is 0 Å². The smallest absolute Gasteiger partial charge is 0.258 e. The van der Waals surface area contributed by atoms with Crippen LogP contribution in [0.3, 0.4) is 0 Å². The molecule has 2 aliphatic heterocycles. The number of carbonyl (C=O) groups is 1. The Hall–Kier alpha value is -2.41. The van der Waals surface area contributed by atoms with E-state index in [4.69, 9.17) is 18.9 Å². The van der Waals surface area contributed by atoms with Crippen molar-refractivity contribution in [2.24, 2.45) is 0 Å². The zero-order chi connectivity index (χ0) is 18.1. The lowest BCUT2D eigenvalue weighted by molar-refractivity contribution is 0.0722. The van der Waals surface area contributed by atoms with Gasteiger partial charge in [-0.1, -0.05) is 0 Å². The maximum absolute atomic E-state index is 13.0. The zero-order valence-electron chi connectivity index (χ0n) is 15.2. The van der Waals surface area contributed by atoms with Gasteiger partial charge in [0.25, 0.3) is 5.91 Å². The first kappa shape index (κ1) is 17.0. The van der Waals surface area contributed by atoms with Gasteiger partial charge in [-0.2, -0.15) is 0 Å². The molecule has 0 spiro atoms.